The van der Waals surface area contributed by atoms with E-state index in [1.807, 2.05) is 61.5 Å². The third kappa shape index (κ3) is 2.44. The molecule has 2 aromatic rings. The number of hydrogen-bond acceptors (Lipinski definition) is 2. The highest BCUT2D eigenvalue weighted by molar-refractivity contribution is 5.89. The Labute approximate surface area is 140 Å². The molecule has 0 saturated heterocycles. The molecule has 2 N–H and O–H groups in total. The molecule has 3 nitrogen and oxygen atoms in total. The molecule has 0 amide bonds. The van der Waals surface area contributed by atoms with Crippen molar-refractivity contribution in [3.8, 4) is 11.3 Å². The SMILES string of the molecule is Cc1ccc(Nc2ccc3[nH]c4cccc(C)c4cc-3c2=O)cc1. The molecular weight excluding hydrogens is 296 g/mol. The summed E-state index contributed by atoms with van der Waals surface area (Å²) in [6, 6.07) is 19.9. The number of hydrogen-bond donors (Lipinski definition) is 2. The summed E-state index contributed by atoms with van der Waals surface area (Å²) in [5.41, 5.74) is 6.46. The van der Waals surface area contributed by atoms with Gasteiger partial charge >= 0.3 is 0 Å². The predicted molar refractivity (Wildman–Crippen MR) is 100 cm³/mol. The smallest absolute Gasteiger partial charge is 0.211 e. The lowest BCUT2D eigenvalue weighted by molar-refractivity contribution is 1.35. The maximum absolute atomic E-state index is 12.9. The van der Waals surface area contributed by atoms with Gasteiger partial charge in [0.15, 0.2) is 0 Å². The zero-order chi connectivity index (χ0) is 16.7. The van der Waals surface area contributed by atoms with Crippen molar-refractivity contribution in [3.05, 3.63) is 82.0 Å². The van der Waals surface area contributed by atoms with Gasteiger partial charge in [0.2, 0.25) is 5.43 Å². The normalized spacial score (nSPS) is 11.1. The van der Waals surface area contributed by atoms with Crippen LogP contribution in [0.4, 0.5) is 11.4 Å². The Morgan fingerprint density at radius 1 is 0.917 bits per heavy atom. The minimum Gasteiger partial charge on any atom is -0.354 e. The molecule has 3 heteroatoms. The summed E-state index contributed by atoms with van der Waals surface area (Å²) >= 11 is 0. The molecule has 0 unspecified atom stereocenters. The van der Waals surface area contributed by atoms with Crippen molar-refractivity contribution in [1.82, 2.24) is 4.98 Å². The van der Waals surface area contributed by atoms with E-state index in [4.69, 9.17) is 0 Å². The Hall–Kier alpha value is -3.07. The molecule has 0 aromatic heterocycles. The van der Waals surface area contributed by atoms with Crippen molar-refractivity contribution in [2.75, 3.05) is 5.32 Å². The number of H-pyrrole nitrogens is 1. The molecule has 0 atom stereocenters. The maximum Gasteiger partial charge on any atom is 0.211 e. The van der Waals surface area contributed by atoms with Gasteiger partial charge in [-0.15, -0.1) is 0 Å². The van der Waals surface area contributed by atoms with Crippen LogP contribution in [0.15, 0.2) is 65.5 Å². The summed E-state index contributed by atoms with van der Waals surface area (Å²) in [4.78, 5) is 16.2. The van der Waals surface area contributed by atoms with Crippen LogP contribution in [0.1, 0.15) is 11.1 Å². The van der Waals surface area contributed by atoms with E-state index >= 15 is 0 Å². The van der Waals surface area contributed by atoms with Gasteiger partial charge < -0.3 is 10.3 Å². The zero-order valence-electron chi connectivity index (χ0n) is 13.7. The molecule has 2 aliphatic rings. The molecule has 1 heterocycles. The third-order valence-corrected chi connectivity index (χ3v) is 4.41. The number of aromatic nitrogens is 1. The van der Waals surface area contributed by atoms with E-state index in [9.17, 15) is 4.79 Å². The Morgan fingerprint density at radius 2 is 1.71 bits per heavy atom. The predicted octanol–water partition coefficient (Wildman–Crippen LogP) is 4.99. The molecule has 118 valence electrons. The van der Waals surface area contributed by atoms with Gasteiger partial charge in [0, 0.05) is 27.8 Å². The van der Waals surface area contributed by atoms with E-state index in [0.29, 0.717) is 11.3 Å². The maximum atomic E-state index is 12.9. The van der Waals surface area contributed by atoms with Gasteiger partial charge in [0.25, 0.3) is 0 Å². The van der Waals surface area contributed by atoms with Crippen LogP contribution in [0.5, 0.6) is 0 Å². The zero-order valence-corrected chi connectivity index (χ0v) is 13.7. The summed E-state index contributed by atoms with van der Waals surface area (Å²) in [6.07, 6.45) is 0. The number of pyridine rings is 1. The van der Waals surface area contributed by atoms with Gasteiger partial charge in [0.05, 0.1) is 5.69 Å². The Morgan fingerprint density at radius 3 is 2.50 bits per heavy atom. The topological polar surface area (TPSA) is 44.9 Å². The standard InChI is InChI=1S/C21H18N2O/c1-13-6-8-15(9-7-13)22-20-11-10-19-17(21(20)24)12-16-14(2)4-3-5-18(16)23-19/h3-12,22-23H,1-2H3. The van der Waals surface area contributed by atoms with Gasteiger partial charge in [0.1, 0.15) is 0 Å². The first-order valence-corrected chi connectivity index (χ1v) is 8.01. The second-order valence-corrected chi connectivity index (χ2v) is 6.20. The van der Waals surface area contributed by atoms with Crippen LogP contribution in [-0.2, 0) is 0 Å². The Bertz CT molecular complexity index is 1060. The van der Waals surface area contributed by atoms with Gasteiger partial charge in [-0.1, -0.05) is 29.8 Å². The molecule has 24 heavy (non-hydrogen) atoms. The molecule has 0 radical (unpaired) electrons. The summed E-state index contributed by atoms with van der Waals surface area (Å²) in [5, 5.41) is 4.31. The highest BCUT2D eigenvalue weighted by atomic mass is 16.1. The van der Waals surface area contributed by atoms with Crippen LogP contribution >= 0.6 is 0 Å². The highest BCUT2D eigenvalue weighted by Gasteiger charge is 2.12. The van der Waals surface area contributed by atoms with Gasteiger partial charge in [-0.25, -0.2) is 0 Å². The number of aromatic amines is 1. The van der Waals surface area contributed by atoms with Crippen LogP contribution in [-0.4, -0.2) is 4.98 Å². The summed E-state index contributed by atoms with van der Waals surface area (Å²) in [6.45, 7) is 4.10. The average Bonchev–Trinajstić information content (AvgIpc) is 2.59. The van der Waals surface area contributed by atoms with Crippen LogP contribution in [0.3, 0.4) is 0 Å². The van der Waals surface area contributed by atoms with E-state index in [-0.39, 0.29) is 5.43 Å². The number of aryl methyl sites for hydroxylation is 2. The fourth-order valence-electron chi connectivity index (χ4n) is 3.01. The van der Waals surface area contributed by atoms with Gasteiger partial charge in [-0.3, -0.25) is 4.79 Å². The Balaban J connectivity index is 1.86. The van der Waals surface area contributed by atoms with E-state index in [0.717, 1.165) is 27.8 Å². The van der Waals surface area contributed by atoms with Crippen LogP contribution < -0.4 is 10.7 Å². The lowest BCUT2D eigenvalue weighted by Crippen LogP contribution is -2.12. The first-order chi connectivity index (χ1) is 11.6. The molecule has 0 saturated carbocycles. The number of nitrogens with one attached hydrogen (secondary N) is 2. The summed E-state index contributed by atoms with van der Waals surface area (Å²) in [5.74, 6) is 0. The number of fused-ring (bicyclic) bond motifs is 2. The quantitative estimate of drug-likeness (QED) is 0.512. The molecule has 2 aromatic carbocycles. The average molecular weight is 314 g/mol. The molecule has 0 spiro atoms. The summed E-state index contributed by atoms with van der Waals surface area (Å²) in [7, 11) is 0. The second kappa shape index (κ2) is 5.53. The van der Waals surface area contributed by atoms with Crippen LogP contribution in [0.2, 0.25) is 0 Å². The molecule has 0 fully saturated rings. The van der Waals surface area contributed by atoms with Gasteiger partial charge in [-0.2, -0.15) is 0 Å². The van der Waals surface area contributed by atoms with Crippen molar-refractivity contribution in [1.29, 1.82) is 0 Å². The summed E-state index contributed by atoms with van der Waals surface area (Å²) < 4.78 is 0. The van der Waals surface area contributed by atoms with Gasteiger partial charge in [-0.05, 0) is 55.8 Å². The lowest BCUT2D eigenvalue weighted by Gasteiger charge is -2.12. The third-order valence-electron chi connectivity index (χ3n) is 4.41. The van der Waals surface area contributed by atoms with E-state index in [1.165, 1.54) is 5.56 Å². The number of rotatable bonds is 2. The molecule has 1 aliphatic carbocycles. The van der Waals surface area contributed by atoms with E-state index in [1.54, 1.807) is 0 Å². The fraction of sp³-hybridized carbons (Fsp3) is 0.0952. The lowest BCUT2D eigenvalue weighted by atomic mass is 10.0. The van der Waals surface area contributed by atoms with Crippen molar-refractivity contribution < 1.29 is 0 Å². The van der Waals surface area contributed by atoms with Crippen LogP contribution in [0.25, 0.3) is 22.2 Å². The van der Waals surface area contributed by atoms with Crippen molar-refractivity contribution >= 4 is 22.3 Å². The Kier molecular flexibility index (Phi) is 3.35. The minimum atomic E-state index is 0.00878. The largest absolute Gasteiger partial charge is 0.354 e. The highest BCUT2D eigenvalue weighted by Crippen LogP contribution is 2.26. The first-order valence-electron chi connectivity index (χ1n) is 8.01. The number of anilines is 2. The van der Waals surface area contributed by atoms with E-state index in [2.05, 4.69) is 23.3 Å². The molecular formula is C21H18N2O. The molecule has 1 aliphatic heterocycles. The fourth-order valence-corrected chi connectivity index (χ4v) is 3.01. The first kappa shape index (κ1) is 14.5. The second-order valence-electron chi connectivity index (χ2n) is 6.20. The molecule has 0 bridgehead atoms. The minimum absolute atomic E-state index is 0.00878. The van der Waals surface area contributed by atoms with E-state index < -0.39 is 0 Å². The van der Waals surface area contributed by atoms with Crippen molar-refractivity contribution in [2.24, 2.45) is 0 Å². The van der Waals surface area contributed by atoms with Crippen LogP contribution in [0, 0.1) is 13.8 Å². The molecule has 4 rings (SSSR count). The number of benzene rings is 3. The monoisotopic (exact) mass is 314 g/mol. The van der Waals surface area contributed by atoms with Crippen molar-refractivity contribution in [3.63, 3.8) is 0 Å². The van der Waals surface area contributed by atoms with Crippen molar-refractivity contribution in [2.45, 2.75) is 13.8 Å².